The number of carbonyl (C=O) groups is 1. The Hall–Kier alpha value is -3.09. The Balaban J connectivity index is 1.61. The molecule has 1 aromatic heterocycles. The zero-order valence-electron chi connectivity index (χ0n) is 14.6. The normalized spacial score (nSPS) is 14.4. The molecule has 0 radical (unpaired) electrons. The maximum atomic E-state index is 13.8. The third-order valence-corrected chi connectivity index (χ3v) is 4.70. The molecule has 7 heteroatoms. The molecule has 1 amide bonds. The van der Waals surface area contributed by atoms with Crippen molar-refractivity contribution < 1.29 is 13.6 Å². The van der Waals surface area contributed by atoms with E-state index in [0.29, 0.717) is 17.3 Å². The van der Waals surface area contributed by atoms with Gasteiger partial charge in [0.1, 0.15) is 23.8 Å². The van der Waals surface area contributed by atoms with Crippen LogP contribution in [0.25, 0.3) is 10.9 Å². The third-order valence-electron chi connectivity index (χ3n) is 4.70. The van der Waals surface area contributed by atoms with E-state index in [-0.39, 0.29) is 5.56 Å². The van der Waals surface area contributed by atoms with Crippen molar-refractivity contribution in [2.75, 3.05) is 23.3 Å². The van der Waals surface area contributed by atoms with E-state index < -0.39 is 17.5 Å². The minimum Gasteiger partial charge on any atom is -0.356 e. The van der Waals surface area contributed by atoms with Gasteiger partial charge in [-0.2, -0.15) is 0 Å². The standard InChI is InChI=1S/C20H18F2N4O/c21-13-4-6-15(17(22)10-13)20(27)25-14-5-7-16-18(11-14)23-12-24-19(16)26-8-2-1-3-9-26/h4-7,10-12H,1-3,8-9H2,(H,25,27). The molecule has 3 aromatic rings. The van der Waals surface area contributed by atoms with E-state index >= 15 is 0 Å². The van der Waals surface area contributed by atoms with Crippen LogP contribution in [0.1, 0.15) is 29.6 Å². The summed E-state index contributed by atoms with van der Waals surface area (Å²) < 4.78 is 26.8. The third kappa shape index (κ3) is 3.58. The summed E-state index contributed by atoms with van der Waals surface area (Å²) in [6, 6.07) is 8.18. The number of piperidine rings is 1. The Morgan fingerprint density at radius 1 is 1.00 bits per heavy atom. The number of aromatic nitrogens is 2. The molecule has 1 saturated heterocycles. The van der Waals surface area contributed by atoms with E-state index in [4.69, 9.17) is 0 Å². The summed E-state index contributed by atoms with van der Waals surface area (Å²) >= 11 is 0. The van der Waals surface area contributed by atoms with Crippen LogP contribution in [0, 0.1) is 11.6 Å². The summed E-state index contributed by atoms with van der Waals surface area (Å²) in [5, 5.41) is 3.54. The molecule has 2 aromatic carbocycles. The maximum absolute atomic E-state index is 13.8. The van der Waals surface area contributed by atoms with Gasteiger partial charge in [0.2, 0.25) is 0 Å². The van der Waals surface area contributed by atoms with Crippen LogP contribution >= 0.6 is 0 Å². The van der Waals surface area contributed by atoms with Crippen molar-refractivity contribution in [3.8, 4) is 0 Å². The average molecular weight is 368 g/mol. The Labute approximate surface area is 155 Å². The molecular weight excluding hydrogens is 350 g/mol. The Bertz CT molecular complexity index is 1000. The first-order valence-electron chi connectivity index (χ1n) is 8.88. The van der Waals surface area contributed by atoms with Gasteiger partial charge in [-0.25, -0.2) is 18.7 Å². The number of nitrogens with zero attached hydrogens (tertiary/aromatic N) is 3. The van der Waals surface area contributed by atoms with Crippen molar-refractivity contribution in [3.63, 3.8) is 0 Å². The predicted molar refractivity (Wildman–Crippen MR) is 99.9 cm³/mol. The highest BCUT2D eigenvalue weighted by Gasteiger charge is 2.17. The van der Waals surface area contributed by atoms with Gasteiger partial charge in [0, 0.05) is 30.2 Å². The van der Waals surface area contributed by atoms with Gasteiger partial charge < -0.3 is 10.2 Å². The van der Waals surface area contributed by atoms with E-state index in [1.165, 1.54) is 12.7 Å². The highest BCUT2D eigenvalue weighted by Crippen LogP contribution is 2.27. The van der Waals surface area contributed by atoms with Crippen molar-refractivity contribution in [1.82, 2.24) is 9.97 Å². The number of anilines is 2. The zero-order valence-corrected chi connectivity index (χ0v) is 14.6. The van der Waals surface area contributed by atoms with Crippen molar-refractivity contribution in [2.24, 2.45) is 0 Å². The van der Waals surface area contributed by atoms with Crippen LogP contribution in [-0.4, -0.2) is 29.0 Å². The highest BCUT2D eigenvalue weighted by molar-refractivity contribution is 6.05. The first-order valence-corrected chi connectivity index (χ1v) is 8.88. The number of hydrogen-bond donors (Lipinski definition) is 1. The van der Waals surface area contributed by atoms with Crippen molar-refractivity contribution in [2.45, 2.75) is 19.3 Å². The van der Waals surface area contributed by atoms with Crippen molar-refractivity contribution in [3.05, 3.63) is 59.9 Å². The lowest BCUT2D eigenvalue weighted by Gasteiger charge is -2.28. The van der Waals surface area contributed by atoms with Gasteiger partial charge in [-0.05, 0) is 49.6 Å². The minimum absolute atomic E-state index is 0.215. The largest absolute Gasteiger partial charge is 0.356 e. The molecule has 0 unspecified atom stereocenters. The Morgan fingerprint density at radius 2 is 1.81 bits per heavy atom. The Morgan fingerprint density at radius 3 is 2.59 bits per heavy atom. The second-order valence-corrected chi connectivity index (χ2v) is 6.56. The Kier molecular flexibility index (Phi) is 4.66. The molecule has 0 atom stereocenters. The predicted octanol–water partition coefficient (Wildman–Crippen LogP) is 4.15. The molecular formula is C20H18F2N4O. The summed E-state index contributed by atoms with van der Waals surface area (Å²) in [7, 11) is 0. The summed E-state index contributed by atoms with van der Waals surface area (Å²) in [5.74, 6) is -1.38. The number of nitrogens with one attached hydrogen (secondary N) is 1. The minimum atomic E-state index is -0.900. The van der Waals surface area contributed by atoms with Crippen LogP contribution in [0.4, 0.5) is 20.3 Å². The van der Waals surface area contributed by atoms with E-state index in [0.717, 1.165) is 49.3 Å². The van der Waals surface area contributed by atoms with Gasteiger partial charge in [0.05, 0.1) is 11.1 Å². The molecule has 27 heavy (non-hydrogen) atoms. The van der Waals surface area contributed by atoms with Crippen molar-refractivity contribution in [1.29, 1.82) is 0 Å². The summed E-state index contributed by atoms with van der Waals surface area (Å²) in [6.07, 6.45) is 5.03. The molecule has 138 valence electrons. The fraction of sp³-hybridized carbons (Fsp3) is 0.250. The lowest BCUT2D eigenvalue weighted by atomic mass is 10.1. The lowest BCUT2D eigenvalue weighted by molar-refractivity contribution is 0.102. The molecule has 5 nitrogen and oxygen atoms in total. The smallest absolute Gasteiger partial charge is 0.258 e. The molecule has 2 heterocycles. The number of amides is 1. The summed E-state index contributed by atoms with van der Waals surface area (Å²) in [6.45, 7) is 1.93. The van der Waals surface area contributed by atoms with Gasteiger partial charge >= 0.3 is 0 Å². The van der Waals surface area contributed by atoms with Crippen LogP contribution in [-0.2, 0) is 0 Å². The number of halogens is 2. The number of carbonyl (C=O) groups excluding carboxylic acids is 1. The molecule has 1 N–H and O–H groups in total. The average Bonchev–Trinajstić information content (AvgIpc) is 2.68. The van der Waals surface area contributed by atoms with E-state index in [1.807, 2.05) is 6.07 Å². The molecule has 1 aliphatic heterocycles. The monoisotopic (exact) mass is 368 g/mol. The van der Waals surface area contributed by atoms with Gasteiger partial charge in [-0.15, -0.1) is 0 Å². The topological polar surface area (TPSA) is 58.1 Å². The quantitative estimate of drug-likeness (QED) is 0.755. The van der Waals surface area contributed by atoms with E-state index in [1.54, 1.807) is 12.1 Å². The molecule has 1 aliphatic rings. The van der Waals surface area contributed by atoms with E-state index in [9.17, 15) is 13.6 Å². The number of rotatable bonds is 3. The lowest BCUT2D eigenvalue weighted by Crippen LogP contribution is -2.30. The van der Waals surface area contributed by atoms with Gasteiger partial charge in [-0.3, -0.25) is 4.79 Å². The molecule has 0 bridgehead atoms. The first-order chi connectivity index (χ1) is 13.1. The molecule has 0 spiro atoms. The second-order valence-electron chi connectivity index (χ2n) is 6.56. The van der Waals surface area contributed by atoms with Crippen molar-refractivity contribution >= 4 is 28.3 Å². The summed E-state index contributed by atoms with van der Waals surface area (Å²) in [4.78, 5) is 23.3. The number of hydrogen-bond acceptors (Lipinski definition) is 4. The fourth-order valence-corrected chi connectivity index (χ4v) is 3.35. The van der Waals surface area contributed by atoms with Crippen LogP contribution in [0.3, 0.4) is 0 Å². The molecule has 0 saturated carbocycles. The fourth-order valence-electron chi connectivity index (χ4n) is 3.35. The summed E-state index contributed by atoms with van der Waals surface area (Å²) in [5.41, 5.74) is 0.968. The van der Waals surface area contributed by atoms with Crippen LogP contribution in [0.15, 0.2) is 42.7 Å². The highest BCUT2D eigenvalue weighted by atomic mass is 19.1. The molecule has 4 rings (SSSR count). The second kappa shape index (κ2) is 7.26. The van der Waals surface area contributed by atoms with E-state index in [2.05, 4.69) is 20.2 Å². The number of fused-ring (bicyclic) bond motifs is 1. The van der Waals surface area contributed by atoms with Gasteiger partial charge in [0.25, 0.3) is 5.91 Å². The van der Waals surface area contributed by atoms with Crippen LogP contribution in [0.2, 0.25) is 0 Å². The van der Waals surface area contributed by atoms with Gasteiger partial charge in [-0.1, -0.05) is 0 Å². The molecule has 0 aliphatic carbocycles. The molecule has 1 fully saturated rings. The zero-order chi connectivity index (χ0) is 18.8. The van der Waals surface area contributed by atoms with Crippen LogP contribution < -0.4 is 10.2 Å². The SMILES string of the molecule is O=C(Nc1ccc2c(N3CCCCC3)ncnc2c1)c1ccc(F)cc1F. The first kappa shape index (κ1) is 17.3. The van der Waals surface area contributed by atoms with Crippen LogP contribution in [0.5, 0.6) is 0 Å². The maximum Gasteiger partial charge on any atom is 0.258 e. The van der Waals surface area contributed by atoms with Gasteiger partial charge in [0.15, 0.2) is 0 Å². The number of benzene rings is 2.